The Morgan fingerprint density at radius 2 is 1.42 bits per heavy atom. The summed E-state index contributed by atoms with van der Waals surface area (Å²) in [5, 5.41) is 0. The molecule has 0 amide bonds. The Labute approximate surface area is 148 Å². The van der Waals surface area contributed by atoms with E-state index in [0.717, 1.165) is 32.1 Å². The van der Waals surface area contributed by atoms with Gasteiger partial charge in [-0.05, 0) is 47.6 Å². The third-order valence-corrected chi connectivity index (χ3v) is 4.72. The van der Waals surface area contributed by atoms with Crippen LogP contribution in [-0.4, -0.2) is 7.11 Å². The van der Waals surface area contributed by atoms with Crippen molar-refractivity contribution >= 4 is 0 Å². The molecule has 0 N–H and O–H groups in total. The van der Waals surface area contributed by atoms with Gasteiger partial charge in [-0.3, -0.25) is 0 Å². The average molecular weight is 325 g/mol. The fraction of sp³-hybridized carbons (Fsp3) is 0.478. The van der Waals surface area contributed by atoms with E-state index >= 15 is 0 Å². The van der Waals surface area contributed by atoms with Gasteiger partial charge in [-0.15, -0.1) is 0 Å². The summed E-state index contributed by atoms with van der Waals surface area (Å²) in [6.07, 6.45) is 13.9. The molecule has 0 bridgehead atoms. The lowest BCUT2D eigenvalue weighted by Gasteiger charge is -2.33. The van der Waals surface area contributed by atoms with E-state index in [9.17, 15) is 0 Å². The lowest BCUT2D eigenvalue weighted by Crippen LogP contribution is -2.29. The molecule has 0 spiro atoms. The molecule has 1 aromatic rings. The van der Waals surface area contributed by atoms with Crippen LogP contribution in [0.5, 0.6) is 0 Å². The van der Waals surface area contributed by atoms with Crippen molar-refractivity contribution in [1.29, 1.82) is 0 Å². The molecule has 0 aromatic heterocycles. The van der Waals surface area contributed by atoms with Gasteiger partial charge in [0.05, 0.1) is 0 Å². The summed E-state index contributed by atoms with van der Waals surface area (Å²) in [6, 6.07) is 10.7. The highest BCUT2D eigenvalue weighted by molar-refractivity contribution is 5.48. The first-order chi connectivity index (χ1) is 11.7. The Bertz CT molecular complexity index is 606. The molecule has 1 atom stereocenters. The molecule has 1 aliphatic rings. The lowest BCUT2D eigenvalue weighted by atomic mass is 9.82. The van der Waals surface area contributed by atoms with Crippen molar-refractivity contribution in [2.24, 2.45) is 0 Å². The summed E-state index contributed by atoms with van der Waals surface area (Å²) in [5.74, 6) is 0. The van der Waals surface area contributed by atoms with E-state index in [-0.39, 0.29) is 0 Å². The minimum Gasteiger partial charge on any atom is -0.365 e. The van der Waals surface area contributed by atoms with E-state index in [1.165, 1.54) is 28.7 Å². The summed E-state index contributed by atoms with van der Waals surface area (Å²) in [5.41, 5.74) is 5.01. The van der Waals surface area contributed by atoms with Crippen molar-refractivity contribution in [3.63, 3.8) is 0 Å². The fourth-order valence-electron chi connectivity index (χ4n) is 3.66. The lowest BCUT2D eigenvalue weighted by molar-refractivity contribution is 0.0581. The molecule has 0 fully saturated rings. The van der Waals surface area contributed by atoms with E-state index in [1.807, 2.05) is 7.11 Å². The van der Waals surface area contributed by atoms with E-state index in [4.69, 9.17) is 4.74 Å². The van der Waals surface area contributed by atoms with Crippen molar-refractivity contribution in [3.8, 4) is 0 Å². The molecule has 24 heavy (non-hydrogen) atoms. The van der Waals surface area contributed by atoms with E-state index < -0.39 is 5.60 Å². The Balaban J connectivity index is 2.63. The smallest absolute Gasteiger partial charge is 0.133 e. The molecule has 2 rings (SSSR count). The van der Waals surface area contributed by atoms with Gasteiger partial charge in [-0.1, -0.05) is 82.5 Å². The Morgan fingerprint density at radius 1 is 0.792 bits per heavy atom. The maximum atomic E-state index is 6.24. The van der Waals surface area contributed by atoms with Crippen LogP contribution in [0.4, 0.5) is 0 Å². The van der Waals surface area contributed by atoms with E-state index in [2.05, 4.69) is 69.3 Å². The average Bonchev–Trinajstić information content (AvgIpc) is 2.74. The standard InChI is InChI=1S/C23H32O/c1-5-11-19-16-20(12-6-2)18-23(24-4,22(17-19)13-7-3)21-14-9-8-10-15-21/h8-10,14-18H,5-7,11-13H2,1-4H3. The largest absolute Gasteiger partial charge is 0.365 e. The first-order valence-corrected chi connectivity index (χ1v) is 9.44. The van der Waals surface area contributed by atoms with Crippen LogP contribution in [0.1, 0.15) is 64.9 Å². The third-order valence-electron chi connectivity index (χ3n) is 4.72. The topological polar surface area (TPSA) is 9.23 Å². The molecule has 0 saturated heterocycles. The second-order valence-electron chi connectivity index (χ2n) is 6.66. The normalized spacial score (nSPS) is 20.9. The van der Waals surface area contributed by atoms with Crippen LogP contribution in [0.3, 0.4) is 0 Å². The number of allylic oxidation sites excluding steroid dienone is 4. The van der Waals surface area contributed by atoms with E-state index in [1.54, 1.807) is 0 Å². The van der Waals surface area contributed by atoms with Crippen molar-refractivity contribution in [2.75, 3.05) is 7.11 Å². The highest BCUT2D eigenvalue weighted by Gasteiger charge is 2.35. The summed E-state index contributed by atoms with van der Waals surface area (Å²) in [7, 11) is 1.85. The van der Waals surface area contributed by atoms with Crippen LogP contribution in [0, 0.1) is 0 Å². The Kier molecular flexibility index (Phi) is 7.05. The molecule has 1 aromatic carbocycles. The maximum absolute atomic E-state index is 6.24. The predicted molar refractivity (Wildman–Crippen MR) is 104 cm³/mol. The summed E-state index contributed by atoms with van der Waals surface area (Å²) in [4.78, 5) is 0. The van der Waals surface area contributed by atoms with Crippen LogP contribution in [-0.2, 0) is 10.3 Å². The number of hydrogen-bond donors (Lipinski definition) is 0. The van der Waals surface area contributed by atoms with Gasteiger partial charge >= 0.3 is 0 Å². The van der Waals surface area contributed by atoms with Crippen LogP contribution >= 0.6 is 0 Å². The van der Waals surface area contributed by atoms with E-state index in [0.29, 0.717) is 0 Å². The second-order valence-corrected chi connectivity index (χ2v) is 6.66. The third kappa shape index (κ3) is 4.08. The molecule has 130 valence electrons. The van der Waals surface area contributed by atoms with Crippen molar-refractivity contribution in [1.82, 2.24) is 0 Å². The van der Waals surface area contributed by atoms with Gasteiger partial charge in [0.2, 0.25) is 0 Å². The van der Waals surface area contributed by atoms with Gasteiger partial charge in [-0.25, -0.2) is 0 Å². The number of methoxy groups -OCH3 is 1. The van der Waals surface area contributed by atoms with Crippen LogP contribution < -0.4 is 0 Å². The molecule has 1 aliphatic carbocycles. The molecular weight excluding hydrogens is 292 g/mol. The number of rotatable bonds is 8. The second kappa shape index (κ2) is 9.03. The number of benzene rings is 1. The van der Waals surface area contributed by atoms with Gasteiger partial charge in [0, 0.05) is 7.11 Å². The zero-order valence-corrected chi connectivity index (χ0v) is 15.8. The highest BCUT2D eigenvalue weighted by atomic mass is 16.5. The van der Waals surface area contributed by atoms with Crippen molar-refractivity contribution < 1.29 is 4.74 Å². The molecule has 0 radical (unpaired) electrons. The molecular formula is C23H32O. The highest BCUT2D eigenvalue weighted by Crippen LogP contribution is 2.41. The van der Waals surface area contributed by atoms with Crippen LogP contribution in [0.15, 0.2) is 65.3 Å². The summed E-state index contributed by atoms with van der Waals surface area (Å²) >= 11 is 0. The minimum absolute atomic E-state index is 0.437. The zero-order valence-electron chi connectivity index (χ0n) is 15.8. The first kappa shape index (κ1) is 18.7. The van der Waals surface area contributed by atoms with Gasteiger partial charge in [0.15, 0.2) is 0 Å². The van der Waals surface area contributed by atoms with Gasteiger partial charge in [0.1, 0.15) is 5.60 Å². The Hall–Kier alpha value is -1.60. The molecule has 0 aliphatic heterocycles. The van der Waals surface area contributed by atoms with Gasteiger partial charge in [0.25, 0.3) is 0 Å². The zero-order chi connectivity index (χ0) is 17.4. The van der Waals surface area contributed by atoms with Crippen LogP contribution in [0.25, 0.3) is 0 Å². The maximum Gasteiger partial charge on any atom is 0.133 e. The minimum atomic E-state index is -0.437. The van der Waals surface area contributed by atoms with Crippen molar-refractivity contribution in [3.05, 3.63) is 70.8 Å². The molecule has 1 unspecified atom stereocenters. The quantitative estimate of drug-likeness (QED) is 0.515. The SMILES string of the molecule is CCCC1=CC(CCC)=CC(OC)(c2ccccc2)C(CCC)=C1. The predicted octanol–water partition coefficient (Wildman–Crippen LogP) is 6.72. The van der Waals surface area contributed by atoms with Gasteiger partial charge < -0.3 is 4.74 Å². The fourth-order valence-corrected chi connectivity index (χ4v) is 3.66. The van der Waals surface area contributed by atoms with Crippen molar-refractivity contribution in [2.45, 2.75) is 64.9 Å². The molecule has 1 nitrogen and oxygen atoms in total. The Morgan fingerprint density at radius 3 is 2.00 bits per heavy atom. The molecule has 0 saturated carbocycles. The van der Waals surface area contributed by atoms with Gasteiger partial charge in [-0.2, -0.15) is 0 Å². The molecule has 0 heterocycles. The summed E-state index contributed by atoms with van der Waals surface area (Å²) in [6.45, 7) is 6.75. The number of ether oxygens (including phenoxy) is 1. The monoisotopic (exact) mass is 324 g/mol. The van der Waals surface area contributed by atoms with Crippen LogP contribution in [0.2, 0.25) is 0 Å². The summed E-state index contributed by atoms with van der Waals surface area (Å²) < 4.78 is 6.24. The first-order valence-electron chi connectivity index (χ1n) is 9.44. The number of hydrogen-bond acceptors (Lipinski definition) is 1. The molecule has 1 heteroatoms.